The maximum Gasteiger partial charge on any atom is 0.338 e. The highest BCUT2D eigenvalue weighted by Gasteiger charge is 2.31. The number of nitrogens with zero attached hydrogens (tertiary/aromatic N) is 3. The van der Waals surface area contributed by atoms with Crippen LogP contribution in [0.3, 0.4) is 0 Å². The van der Waals surface area contributed by atoms with Crippen LogP contribution in [0.15, 0.2) is 35.4 Å². The second-order valence-corrected chi connectivity index (χ2v) is 3.72. The van der Waals surface area contributed by atoms with Crippen LogP contribution in [0.5, 0.6) is 0 Å². The van der Waals surface area contributed by atoms with Crippen LogP contribution in [0.1, 0.15) is 12.5 Å². The highest BCUT2D eigenvalue weighted by molar-refractivity contribution is 5.79. The predicted molar refractivity (Wildman–Crippen MR) is 60.9 cm³/mol. The van der Waals surface area contributed by atoms with E-state index in [-0.39, 0.29) is 13.2 Å². The van der Waals surface area contributed by atoms with Crippen molar-refractivity contribution in [1.82, 2.24) is 0 Å². The summed E-state index contributed by atoms with van der Waals surface area (Å²) in [5, 5.41) is 12.8. The maximum absolute atomic E-state index is 11.5. The van der Waals surface area contributed by atoms with Crippen LogP contribution in [0, 0.1) is 0 Å². The number of carbonyl (C=O) groups is 1. The van der Waals surface area contributed by atoms with Gasteiger partial charge in [-0.05, 0) is 18.0 Å². The molecule has 0 radical (unpaired) electrons. The van der Waals surface area contributed by atoms with Crippen LogP contribution in [-0.2, 0) is 16.1 Å². The summed E-state index contributed by atoms with van der Waals surface area (Å²) in [4.78, 5) is 14.0. The highest BCUT2D eigenvalue weighted by Crippen LogP contribution is 2.09. The average Bonchev–Trinajstić information content (AvgIpc) is 2.34. The minimum absolute atomic E-state index is 0.0755. The SMILES string of the molecule is C[C@@](O)(CN=[N+]=[N-])C(=O)OCc1ccccc1. The molecule has 0 fully saturated rings. The van der Waals surface area contributed by atoms with Gasteiger partial charge in [-0.25, -0.2) is 4.79 Å². The van der Waals surface area contributed by atoms with E-state index in [1.54, 1.807) is 12.1 Å². The molecule has 0 unspecified atom stereocenters. The molecule has 6 nitrogen and oxygen atoms in total. The van der Waals surface area contributed by atoms with Gasteiger partial charge in [0.2, 0.25) is 0 Å². The third kappa shape index (κ3) is 4.14. The molecule has 0 aromatic heterocycles. The Morgan fingerprint density at radius 1 is 1.53 bits per heavy atom. The van der Waals surface area contributed by atoms with Crippen molar-refractivity contribution in [2.45, 2.75) is 19.1 Å². The average molecular weight is 235 g/mol. The lowest BCUT2D eigenvalue weighted by atomic mass is 10.1. The van der Waals surface area contributed by atoms with Crippen LogP contribution in [0.25, 0.3) is 10.4 Å². The van der Waals surface area contributed by atoms with Crippen molar-refractivity contribution < 1.29 is 14.6 Å². The highest BCUT2D eigenvalue weighted by atomic mass is 16.5. The summed E-state index contributed by atoms with van der Waals surface area (Å²) in [5.41, 5.74) is 7.14. The lowest BCUT2D eigenvalue weighted by molar-refractivity contribution is -0.164. The summed E-state index contributed by atoms with van der Waals surface area (Å²) in [6.45, 7) is 0.970. The molecule has 1 rings (SSSR count). The Kier molecular flexibility index (Phi) is 4.51. The van der Waals surface area contributed by atoms with E-state index >= 15 is 0 Å². The van der Waals surface area contributed by atoms with E-state index in [2.05, 4.69) is 10.0 Å². The summed E-state index contributed by atoms with van der Waals surface area (Å²) in [6.07, 6.45) is 0. The van der Waals surface area contributed by atoms with Gasteiger partial charge in [-0.1, -0.05) is 35.4 Å². The molecule has 1 atom stereocenters. The van der Waals surface area contributed by atoms with Gasteiger partial charge >= 0.3 is 5.97 Å². The zero-order valence-corrected chi connectivity index (χ0v) is 9.41. The number of aliphatic hydroxyl groups is 1. The van der Waals surface area contributed by atoms with E-state index in [1.807, 2.05) is 18.2 Å². The van der Waals surface area contributed by atoms with Crippen LogP contribution < -0.4 is 0 Å². The first kappa shape index (κ1) is 13.0. The summed E-state index contributed by atoms with van der Waals surface area (Å²) in [5.74, 6) is -0.811. The van der Waals surface area contributed by atoms with Gasteiger partial charge in [-0.15, -0.1) is 0 Å². The Morgan fingerprint density at radius 3 is 2.76 bits per heavy atom. The van der Waals surface area contributed by atoms with Crippen molar-refractivity contribution in [1.29, 1.82) is 0 Å². The Hall–Kier alpha value is -2.04. The van der Waals surface area contributed by atoms with Crippen molar-refractivity contribution in [3.8, 4) is 0 Å². The second-order valence-electron chi connectivity index (χ2n) is 3.72. The minimum atomic E-state index is -1.79. The van der Waals surface area contributed by atoms with Gasteiger partial charge in [0.1, 0.15) is 6.61 Å². The molecule has 17 heavy (non-hydrogen) atoms. The summed E-state index contributed by atoms with van der Waals surface area (Å²) < 4.78 is 4.92. The zero-order chi connectivity index (χ0) is 12.7. The fraction of sp³-hybridized carbons (Fsp3) is 0.364. The van der Waals surface area contributed by atoms with Crippen LogP contribution in [0.4, 0.5) is 0 Å². The number of esters is 1. The molecule has 0 heterocycles. The van der Waals surface area contributed by atoms with E-state index < -0.39 is 11.6 Å². The molecular weight excluding hydrogens is 222 g/mol. The van der Waals surface area contributed by atoms with Crippen LogP contribution >= 0.6 is 0 Å². The molecule has 0 amide bonds. The molecule has 0 aliphatic heterocycles. The smallest absolute Gasteiger partial charge is 0.338 e. The fourth-order valence-corrected chi connectivity index (χ4v) is 1.11. The normalized spacial score (nSPS) is 13.3. The van der Waals surface area contributed by atoms with E-state index in [9.17, 15) is 9.90 Å². The van der Waals surface area contributed by atoms with E-state index in [0.717, 1.165) is 5.56 Å². The van der Waals surface area contributed by atoms with Gasteiger partial charge in [0, 0.05) is 4.91 Å². The molecule has 0 aliphatic carbocycles. The Balaban J connectivity index is 2.52. The Labute approximate surface area is 98.5 Å². The lowest BCUT2D eigenvalue weighted by Crippen LogP contribution is -2.39. The molecule has 0 bridgehead atoms. The first-order chi connectivity index (χ1) is 8.06. The summed E-state index contributed by atoms with van der Waals surface area (Å²) >= 11 is 0. The summed E-state index contributed by atoms with van der Waals surface area (Å²) in [6, 6.07) is 9.09. The summed E-state index contributed by atoms with van der Waals surface area (Å²) in [7, 11) is 0. The van der Waals surface area contributed by atoms with Gasteiger partial charge < -0.3 is 9.84 Å². The van der Waals surface area contributed by atoms with Crippen molar-refractivity contribution in [2.24, 2.45) is 5.11 Å². The standard InChI is InChI=1S/C11H13N3O3/c1-11(16,8-13-14-12)10(15)17-7-9-5-3-2-4-6-9/h2-6,16H,7-8H2,1H3/t11-/m1/s1. The van der Waals surface area contributed by atoms with Crippen molar-refractivity contribution in [3.63, 3.8) is 0 Å². The Bertz CT molecular complexity index is 425. The number of azide groups is 1. The number of ether oxygens (including phenoxy) is 1. The van der Waals surface area contributed by atoms with Gasteiger partial charge in [0.15, 0.2) is 5.60 Å². The molecule has 1 aromatic rings. The van der Waals surface area contributed by atoms with Gasteiger partial charge in [0.05, 0.1) is 6.54 Å². The third-order valence-corrected chi connectivity index (χ3v) is 2.09. The zero-order valence-electron chi connectivity index (χ0n) is 9.41. The van der Waals surface area contributed by atoms with Gasteiger partial charge in [0.25, 0.3) is 0 Å². The molecule has 0 saturated carbocycles. The number of rotatable bonds is 5. The molecule has 6 heteroatoms. The van der Waals surface area contributed by atoms with Crippen molar-refractivity contribution in [3.05, 3.63) is 46.3 Å². The Morgan fingerprint density at radius 2 is 2.18 bits per heavy atom. The number of hydrogen-bond acceptors (Lipinski definition) is 4. The number of hydrogen-bond donors (Lipinski definition) is 1. The van der Waals surface area contributed by atoms with Crippen LogP contribution in [-0.4, -0.2) is 23.2 Å². The number of carbonyl (C=O) groups excluding carboxylic acids is 1. The van der Waals surface area contributed by atoms with Gasteiger partial charge in [-0.3, -0.25) is 0 Å². The van der Waals surface area contributed by atoms with E-state index in [1.165, 1.54) is 6.92 Å². The van der Waals surface area contributed by atoms with E-state index in [0.29, 0.717) is 0 Å². The molecule has 1 N–H and O–H groups in total. The quantitative estimate of drug-likeness (QED) is 0.364. The van der Waals surface area contributed by atoms with Crippen molar-refractivity contribution in [2.75, 3.05) is 6.54 Å². The molecule has 1 aromatic carbocycles. The van der Waals surface area contributed by atoms with Crippen molar-refractivity contribution >= 4 is 5.97 Å². The second kappa shape index (κ2) is 5.89. The lowest BCUT2D eigenvalue weighted by Gasteiger charge is -2.18. The molecule has 90 valence electrons. The molecule has 0 spiro atoms. The van der Waals surface area contributed by atoms with Gasteiger partial charge in [-0.2, -0.15) is 0 Å². The first-order valence-corrected chi connectivity index (χ1v) is 5.00. The minimum Gasteiger partial charge on any atom is -0.459 e. The molecular formula is C11H13N3O3. The molecule has 0 aliphatic rings. The predicted octanol–water partition coefficient (Wildman–Crippen LogP) is 1.79. The first-order valence-electron chi connectivity index (χ1n) is 5.00. The van der Waals surface area contributed by atoms with Crippen LogP contribution in [0.2, 0.25) is 0 Å². The third-order valence-electron chi connectivity index (χ3n) is 2.09. The fourth-order valence-electron chi connectivity index (χ4n) is 1.11. The largest absolute Gasteiger partial charge is 0.459 e. The number of benzene rings is 1. The topological polar surface area (TPSA) is 95.3 Å². The molecule has 0 saturated heterocycles. The maximum atomic E-state index is 11.5. The van der Waals surface area contributed by atoms with E-state index in [4.69, 9.17) is 10.3 Å². The monoisotopic (exact) mass is 235 g/mol.